The molecule has 3 atom stereocenters. The van der Waals surface area contributed by atoms with Gasteiger partial charge in [-0.1, -0.05) is 37.1 Å². The summed E-state index contributed by atoms with van der Waals surface area (Å²) in [6, 6.07) is 8.74. The van der Waals surface area contributed by atoms with Crippen molar-refractivity contribution in [2.75, 3.05) is 0 Å². The molecular formula is C20H24N2O2. The Morgan fingerprint density at radius 2 is 1.96 bits per heavy atom. The summed E-state index contributed by atoms with van der Waals surface area (Å²) in [4.78, 5) is 17.5. The third-order valence-electron chi connectivity index (χ3n) is 5.65. The maximum absolute atomic E-state index is 12.8. The number of carbonyl (C=O) groups excluding carboxylic acids is 1. The van der Waals surface area contributed by atoms with Crippen molar-refractivity contribution < 1.29 is 9.90 Å². The topological polar surface area (TPSA) is 61.7 Å². The summed E-state index contributed by atoms with van der Waals surface area (Å²) in [6.07, 6.45) is 5.56. The summed E-state index contributed by atoms with van der Waals surface area (Å²) in [5.74, 6) is 0.908. The summed E-state index contributed by atoms with van der Waals surface area (Å²) in [7, 11) is 0. The molecule has 0 aromatic heterocycles. The van der Waals surface area contributed by atoms with Gasteiger partial charge in [0.2, 0.25) is 0 Å². The molecule has 1 unspecified atom stereocenters. The van der Waals surface area contributed by atoms with E-state index in [1.807, 2.05) is 12.1 Å². The van der Waals surface area contributed by atoms with Crippen molar-refractivity contribution in [2.24, 2.45) is 4.99 Å². The molecule has 0 spiro atoms. The monoisotopic (exact) mass is 324 g/mol. The second-order valence-electron chi connectivity index (χ2n) is 7.29. The predicted octanol–water partition coefficient (Wildman–Crippen LogP) is 3.57. The predicted molar refractivity (Wildman–Crippen MR) is 94.4 cm³/mol. The number of rotatable bonds is 2. The third-order valence-corrected chi connectivity index (χ3v) is 5.65. The largest absolute Gasteiger partial charge is 0.511 e. The standard InChI is InChI=1S/C20H24N2O2/c1-12-6-2-3-7-14(12)13-10-17(23)19(18(24)11-13)20-21-15-8-4-5-9-16(15)22-20/h2-3,6-7,13,15-16,23H,4-5,8-11H2,1H3,(H,21,22)/t13?,15-,16+. The Hall–Kier alpha value is -2.10. The van der Waals surface area contributed by atoms with Crippen LogP contribution in [0.15, 0.2) is 40.6 Å². The van der Waals surface area contributed by atoms with Gasteiger partial charge in [-0.15, -0.1) is 0 Å². The molecule has 4 heteroatoms. The number of Topliss-reactive ketones (excluding diaryl/α,β-unsaturated/α-hetero) is 1. The molecule has 1 aromatic carbocycles. The van der Waals surface area contributed by atoms with Crippen molar-refractivity contribution >= 4 is 11.6 Å². The van der Waals surface area contributed by atoms with Crippen LogP contribution in [0.2, 0.25) is 0 Å². The number of fused-ring (bicyclic) bond motifs is 1. The van der Waals surface area contributed by atoms with E-state index in [-0.39, 0.29) is 23.5 Å². The highest BCUT2D eigenvalue weighted by molar-refractivity contribution is 6.23. The number of aliphatic hydroxyl groups excluding tert-OH is 1. The van der Waals surface area contributed by atoms with Crippen molar-refractivity contribution in [2.45, 2.75) is 63.5 Å². The normalized spacial score (nSPS) is 30.0. The highest BCUT2D eigenvalue weighted by Crippen LogP contribution is 2.36. The molecule has 0 bridgehead atoms. The van der Waals surface area contributed by atoms with Crippen LogP contribution in [-0.4, -0.2) is 28.8 Å². The molecule has 4 rings (SSSR count). The van der Waals surface area contributed by atoms with Crippen molar-refractivity contribution in [3.8, 4) is 0 Å². The van der Waals surface area contributed by atoms with Gasteiger partial charge in [0.05, 0.1) is 11.6 Å². The molecule has 3 aliphatic rings. The lowest BCUT2D eigenvalue weighted by molar-refractivity contribution is -0.116. The fraction of sp³-hybridized carbons (Fsp3) is 0.500. The van der Waals surface area contributed by atoms with Crippen molar-refractivity contribution in [1.82, 2.24) is 5.32 Å². The van der Waals surface area contributed by atoms with Gasteiger partial charge in [0.1, 0.15) is 11.6 Å². The van der Waals surface area contributed by atoms with Crippen LogP contribution in [0.25, 0.3) is 0 Å². The van der Waals surface area contributed by atoms with Gasteiger partial charge >= 0.3 is 0 Å². The Labute approximate surface area is 142 Å². The summed E-state index contributed by atoms with van der Waals surface area (Å²) >= 11 is 0. The second kappa shape index (κ2) is 6.08. The van der Waals surface area contributed by atoms with Crippen LogP contribution in [0.5, 0.6) is 0 Å². The van der Waals surface area contributed by atoms with Gasteiger partial charge in [0.15, 0.2) is 5.78 Å². The molecule has 1 heterocycles. The maximum Gasteiger partial charge on any atom is 0.170 e. The van der Waals surface area contributed by atoms with Crippen molar-refractivity contribution in [3.63, 3.8) is 0 Å². The summed E-state index contributed by atoms with van der Waals surface area (Å²) in [5, 5.41) is 14.0. The summed E-state index contributed by atoms with van der Waals surface area (Å²) in [6.45, 7) is 2.06. The summed E-state index contributed by atoms with van der Waals surface area (Å²) in [5.41, 5.74) is 2.77. The molecule has 1 fully saturated rings. The Kier molecular flexibility index (Phi) is 3.91. The number of hydrogen-bond acceptors (Lipinski definition) is 4. The minimum atomic E-state index is 0.0110. The van der Waals surface area contributed by atoms with E-state index in [1.54, 1.807) is 0 Å². The van der Waals surface area contributed by atoms with Crippen LogP contribution in [0.4, 0.5) is 0 Å². The maximum atomic E-state index is 12.8. The molecule has 2 aliphatic carbocycles. The minimum Gasteiger partial charge on any atom is -0.511 e. The molecule has 24 heavy (non-hydrogen) atoms. The zero-order valence-corrected chi connectivity index (χ0v) is 14.1. The van der Waals surface area contributed by atoms with E-state index >= 15 is 0 Å². The fourth-order valence-corrected chi connectivity index (χ4v) is 4.38. The van der Waals surface area contributed by atoms with Gasteiger partial charge in [-0.2, -0.15) is 0 Å². The Bertz CT molecular complexity index is 735. The third kappa shape index (κ3) is 2.64. The van der Waals surface area contributed by atoms with Crippen molar-refractivity contribution in [3.05, 3.63) is 46.7 Å². The van der Waals surface area contributed by atoms with E-state index in [1.165, 1.54) is 18.4 Å². The van der Waals surface area contributed by atoms with Crippen LogP contribution in [0, 0.1) is 6.92 Å². The average Bonchev–Trinajstić information content (AvgIpc) is 2.98. The van der Waals surface area contributed by atoms with Crippen LogP contribution in [0.3, 0.4) is 0 Å². The zero-order chi connectivity index (χ0) is 16.7. The highest BCUT2D eigenvalue weighted by Gasteiger charge is 2.37. The van der Waals surface area contributed by atoms with Crippen LogP contribution < -0.4 is 5.32 Å². The highest BCUT2D eigenvalue weighted by atomic mass is 16.3. The Morgan fingerprint density at radius 3 is 2.71 bits per heavy atom. The van der Waals surface area contributed by atoms with E-state index in [0.29, 0.717) is 30.3 Å². The smallest absolute Gasteiger partial charge is 0.170 e. The zero-order valence-electron chi connectivity index (χ0n) is 14.1. The van der Waals surface area contributed by atoms with E-state index in [0.717, 1.165) is 18.4 Å². The van der Waals surface area contributed by atoms with E-state index < -0.39 is 0 Å². The number of nitrogens with one attached hydrogen (secondary N) is 1. The lowest BCUT2D eigenvalue weighted by Crippen LogP contribution is -2.39. The number of carbonyl (C=O) groups is 1. The number of aryl methyl sites for hydroxylation is 1. The molecule has 1 aromatic rings. The minimum absolute atomic E-state index is 0.0110. The SMILES string of the molecule is Cc1ccccc1C1CC(=O)C(C2=N[C@H]3CCCC[C@H]3N2)=C(O)C1. The quantitative estimate of drug-likeness (QED) is 0.874. The number of hydrogen-bond donors (Lipinski definition) is 2. The molecule has 1 aliphatic heterocycles. The first-order chi connectivity index (χ1) is 11.6. The first-order valence-electron chi connectivity index (χ1n) is 8.99. The second-order valence-corrected chi connectivity index (χ2v) is 7.29. The number of amidine groups is 1. The van der Waals surface area contributed by atoms with Gasteiger partial charge in [0, 0.05) is 18.9 Å². The Balaban J connectivity index is 1.60. The Morgan fingerprint density at radius 1 is 1.17 bits per heavy atom. The number of ketones is 1. The van der Waals surface area contributed by atoms with Crippen LogP contribution in [0.1, 0.15) is 55.6 Å². The number of benzene rings is 1. The van der Waals surface area contributed by atoms with Gasteiger partial charge in [-0.25, -0.2) is 0 Å². The molecule has 1 saturated carbocycles. The first kappa shape index (κ1) is 15.4. The molecular weight excluding hydrogens is 300 g/mol. The molecule has 2 N–H and O–H groups in total. The van der Waals surface area contributed by atoms with E-state index in [9.17, 15) is 9.90 Å². The number of allylic oxidation sites excluding steroid dienone is 1. The van der Waals surface area contributed by atoms with Gasteiger partial charge in [-0.3, -0.25) is 9.79 Å². The van der Waals surface area contributed by atoms with Gasteiger partial charge in [-0.05, 0) is 36.8 Å². The molecule has 0 radical (unpaired) electrons. The van der Waals surface area contributed by atoms with Gasteiger partial charge in [0.25, 0.3) is 0 Å². The lowest BCUT2D eigenvalue weighted by atomic mass is 9.81. The van der Waals surface area contributed by atoms with Crippen molar-refractivity contribution in [1.29, 1.82) is 0 Å². The van der Waals surface area contributed by atoms with E-state index in [4.69, 9.17) is 4.99 Å². The number of nitrogens with zero attached hydrogens (tertiary/aromatic N) is 1. The lowest BCUT2D eigenvalue weighted by Gasteiger charge is -2.26. The summed E-state index contributed by atoms with van der Waals surface area (Å²) < 4.78 is 0. The average molecular weight is 324 g/mol. The van der Waals surface area contributed by atoms with Crippen LogP contribution in [-0.2, 0) is 4.79 Å². The fourth-order valence-electron chi connectivity index (χ4n) is 4.38. The molecule has 126 valence electrons. The number of aliphatic imine (C=N–C) groups is 1. The van der Waals surface area contributed by atoms with E-state index in [2.05, 4.69) is 24.4 Å². The molecule has 4 nitrogen and oxygen atoms in total. The number of aliphatic hydroxyl groups is 1. The van der Waals surface area contributed by atoms with Crippen LogP contribution >= 0.6 is 0 Å². The molecule has 0 amide bonds. The first-order valence-corrected chi connectivity index (χ1v) is 8.99. The van der Waals surface area contributed by atoms with Gasteiger partial charge < -0.3 is 10.4 Å². The molecule has 0 saturated heterocycles.